The van der Waals surface area contributed by atoms with Crippen LogP contribution in [0.4, 0.5) is 0 Å². The molecule has 0 amide bonds. The van der Waals surface area contributed by atoms with Gasteiger partial charge >= 0.3 is 5.97 Å². The fourth-order valence-corrected chi connectivity index (χ4v) is 9.23. The van der Waals surface area contributed by atoms with E-state index in [9.17, 15) is 9.90 Å². The SMILES string of the molecule is C=C(C)[C@@H]1CC[C@]2(C)[C@H](CC[C@@H]3[C@@H]([C@H](C)CCC=C(C)C)CC[C@]32C)[C@@]1(C)CCC(=O)O. The predicted molar refractivity (Wildman–Crippen MR) is 135 cm³/mol. The van der Waals surface area contributed by atoms with Gasteiger partial charge in [-0.1, -0.05) is 51.5 Å². The Hall–Kier alpha value is -1.05. The van der Waals surface area contributed by atoms with Crippen molar-refractivity contribution in [1.29, 1.82) is 0 Å². The van der Waals surface area contributed by atoms with Crippen molar-refractivity contribution in [2.75, 3.05) is 0 Å². The van der Waals surface area contributed by atoms with Gasteiger partial charge in [-0.15, -0.1) is 0 Å². The minimum Gasteiger partial charge on any atom is -0.481 e. The molecule has 0 aliphatic heterocycles. The maximum Gasteiger partial charge on any atom is 0.303 e. The Labute approximate surface area is 198 Å². The summed E-state index contributed by atoms with van der Waals surface area (Å²) in [6.07, 6.45) is 13.8. The largest absolute Gasteiger partial charge is 0.481 e. The molecule has 0 radical (unpaired) electrons. The smallest absolute Gasteiger partial charge is 0.303 e. The van der Waals surface area contributed by atoms with E-state index < -0.39 is 5.97 Å². The van der Waals surface area contributed by atoms with Gasteiger partial charge in [-0.25, -0.2) is 0 Å². The van der Waals surface area contributed by atoms with Gasteiger partial charge in [0.25, 0.3) is 0 Å². The number of carboxylic acid groups (broad SMARTS) is 1. The van der Waals surface area contributed by atoms with E-state index in [1.54, 1.807) is 0 Å². The standard InChI is InChI=1S/C30H50O2/c1-20(2)10-9-11-22(5)23-14-18-29(7)25(23)12-13-26-28(6,17-16-27(31)32)24(21(3)4)15-19-30(26,29)8/h10,22-26H,3,9,11-19H2,1-2,4-8H3,(H,31,32)/t22-,23-,24+,25-,26-,28+,29-,30-/m1/s1. The fraction of sp³-hybridized carbons (Fsp3) is 0.833. The van der Waals surface area contributed by atoms with E-state index in [0.29, 0.717) is 22.7 Å². The van der Waals surface area contributed by atoms with E-state index >= 15 is 0 Å². The highest BCUT2D eigenvalue weighted by atomic mass is 16.4. The number of aliphatic carboxylic acids is 1. The highest BCUT2D eigenvalue weighted by Crippen LogP contribution is 2.73. The third kappa shape index (κ3) is 4.25. The second-order valence-corrected chi connectivity index (χ2v) is 12.9. The zero-order chi connectivity index (χ0) is 23.9. The lowest BCUT2D eigenvalue weighted by Gasteiger charge is -2.66. The van der Waals surface area contributed by atoms with Crippen LogP contribution in [0.1, 0.15) is 113 Å². The predicted octanol–water partition coefficient (Wildman–Crippen LogP) is 8.67. The molecule has 3 aliphatic rings. The highest BCUT2D eigenvalue weighted by Gasteiger charge is 2.66. The van der Waals surface area contributed by atoms with Gasteiger partial charge in [0.1, 0.15) is 0 Å². The van der Waals surface area contributed by atoms with Crippen molar-refractivity contribution in [2.45, 2.75) is 113 Å². The molecule has 0 aromatic heterocycles. The lowest BCUT2D eigenvalue weighted by Crippen LogP contribution is -2.59. The Bertz CT molecular complexity index is 746. The summed E-state index contributed by atoms with van der Waals surface area (Å²) >= 11 is 0. The number of carbonyl (C=O) groups is 1. The molecule has 0 heterocycles. The van der Waals surface area contributed by atoms with E-state index in [1.165, 1.54) is 62.5 Å². The van der Waals surface area contributed by atoms with Crippen LogP contribution in [0.5, 0.6) is 0 Å². The third-order valence-corrected chi connectivity index (χ3v) is 11.1. The molecule has 2 heteroatoms. The van der Waals surface area contributed by atoms with Crippen molar-refractivity contribution in [3.05, 3.63) is 23.8 Å². The summed E-state index contributed by atoms with van der Waals surface area (Å²) in [6.45, 7) is 21.1. The van der Waals surface area contributed by atoms with Crippen molar-refractivity contribution in [2.24, 2.45) is 45.8 Å². The molecule has 0 bridgehead atoms. The molecule has 0 saturated heterocycles. The van der Waals surface area contributed by atoms with Crippen molar-refractivity contribution < 1.29 is 9.90 Å². The summed E-state index contributed by atoms with van der Waals surface area (Å²) in [5, 5.41) is 9.52. The first-order chi connectivity index (χ1) is 14.9. The van der Waals surface area contributed by atoms with Crippen molar-refractivity contribution in [1.82, 2.24) is 0 Å². The van der Waals surface area contributed by atoms with Crippen LogP contribution in [0.25, 0.3) is 0 Å². The first-order valence-electron chi connectivity index (χ1n) is 13.4. The van der Waals surface area contributed by atoms with Gasteiger partial charge in [-0.05, 0) is 124 Å². The van der Waals surface area contributed by atoms with Gasteiger partial charge in [0, 0.05) is 6.42 Å². The molecule has 3 fully saturated rings. The molecule has 1 N–H and O–H groups in total. The van der Waals surface area contributed by atoms with E-state index in [0.717, 1.165) is 24.2 Å². The van der Waals surface area contributed by atoms with Gasteiger partial charge in [0.05, 0.1) is 0 Å². The number of hydrogen-bond acceptors (Lipinski definition) is 1. The lowest BCUT2D eigenvalue weighted by molar-refractivity contribution is -0.172. The maximum absolute atomic E-state index is 11.6. The van der Waals surface area contributed by atoms with E-state index in [2.05, 4.69) is 61.1 Å². The Morgan fingerprint density at radius 1 is 1.06 bits per heavy atom. The number of hydrogen-bond donors (Lipinski definition) is 1. The second-order valence-electron chi connectivity index (χ2n) is 12.9. The molecule has 0 aromatic carbocycles. The van der Waals surface area contributed by atoms with E-state index in [1.807, 2.05) is 0 Å². The molecule has 32 heavy (non-hydrogen) atoms. The normalized spacial score (nSPS) is 42.0. The first kappa shape index (κ1) is 25.6. The van der Waals surface area contributed by atoms with Crippen LogP contribution in [0.15, 0.2) is 23.8 Å². The summed E-state index contributed by atoms with van der Waals surface area (Å²) in [6, 6.07) is 0. The second kappa shape index (κ2) is 9.30. The molecule has 3 saturated carbocycles. The first-order valence-corrected chi connectivity index (χ1v) is 13.4. The van der Waals surface area contributed by atoms with Crippen LogP contribution in [-0.4, -0.2) is 11.1 Å². The summed E-state index contributed by atoms with van der Waals surface area (Å²) in [5.41, 5.74) is 3.46. The van der Waals surface area contributed by atoms with Crippen LogP contribution >= 0.6 is 0 Å². The Kier molecular flexibility index (Phi) is 7.43. The Morgan fingerprint density at radius 3 is 2.31 bits per heavy atom. The van der Waals surface area contributed by atoms with Crippen LogP contribution in [0, 0.1) is 45.8 Å². The summed E-state index contributed by atoms with van der Waals surface area (Å²) in [7, 11) is 0. The lowest BCUT2D eigenvalue weighted by atomic mass is 9.38. The number of fused-ring (bicyclic) bond motifs is 3. The highest BCUT2D eigenvalue weighted by molar-refractivity contribution is 5.66. The van der Waals surface area contributed by atoms with E-state index in [4.69, 9.17) is 0 Å². The van der Waals surface area contributed by atoms with Crippen LogP contribution in [0.2, 0.25) is 0 Å². The molecule has 0 spiro atoms. The third-order valence-electron chi connectivity index (χ3n) is 11.1. The average Bonchev–Trinajstić information content (AvgIpc) is 3.04. The van der Waals surface area contributed by atoms with Crippen LogP contribution in [-0.2, 0) is 4.79 Å². The number of allylic oxidation sites excluding steroid dienone is 3. The minimum absolute atomic E-state index is 0.0539. The quantitative estimate of drug-likeness (QED) is 0.382. The Morgan fingerprint density at radius 2 is 1.72 bits per heavy atom. The molecule has 182 valence electrons. The van der Waals surface area contributed by atoms with Gasteiger partial charge in [0.15, 0.2) is 0 Å². The van der Waals surface area contributed by atoms with Crippen LogP contribution < -0.4 is 0 Å². The van der Waals surface area contributed by atoms with E-state index in [-0.39, 0.29) is 11.8 Å². The van der Waals surface area contributed by atoms with Gasteiger partial charge < -0.3 is 5.11 Å². The maximum atomic E-state index is 11.6. The molecule has 0 aromatic rings. The zero-order valence-electron chi connectivity index (χ0n) is 22.1. The van der Waals surface area contributed by atoms with Crippen molar-refractivity contribution in [3.8, 4) is 0 Å². The number of rotatable bonds is 8. The molecule has 0 unspecified atom stereocenters. The average molecular weight is 443 g/mol. The van der Waals surface area contributed by atoms with Crippen molar-refractivity contribution >= 4 is 5.97 Å². The monoisotopic (exact) mass is 442 g/mol. The number of carboxylic acids is 1. The molecule has 3 rings (SSSR count). The molecule has 8 atom stereocenters. The minimum atomic E-state index is -0.648. The fourth-order valence-electron chi connectivity index (χ4n) is 9.23. The van der Waals surface area contributed by atoms with Gasteiger partial charge in [-0.3, -0.25) is 4.79 Å². The van der Waals surface area contributed by atoms with Gasteiger partial charge in [0.2, 0.25) is 0 Å². The van der Waals surface area contributed by atoms with Crippen molar-refractivity contribution in [3.63, 3.8) is 0 Å². The van der Waals surface area contributed by atoms with Crippen LogP contribution in [0.3, 0.4) is 0 Å². The van der Waals surface area contributed by atoms with Gasteiger partial charge in [-0.2, -0.15) is 0 Å². The zero-order valence-corrected chi connectivity index (χ0v) is 22.1. The Balaban J connectivity index is 1.87. The molecular weight excluding hydrogens is 392 g/mol. The summed E-state index contributed by atoms with van der Waals surface area (Å²) in [4.78, 5) is 11.6. The summed E-state index contributed by atoms with van der Waals surface area (Å²) < 4.78 is 0. The molecular formula is C30H50O2. The molecule has 3 aliphatic carbocycles. The topological polar surface area (TPSA) is 37.3 Å². The summed E-state index contributed by atoms with van der Waals surface area (Å²) in [5.74, 6) is 2.89. The molecule has 2 nitrogen and oxygen atoms in total.